The molecule has 0 amide bonds. The van der Waals surface area contributed by atoms with Crippen molar-refractivity contribution in [2.45, 2.75) is 37.4 Å². The van der Waals surface area contributed by atoms with E-state index < -0.39 is 11.7 Å². The van der Waals surface area contributed by atoms with Gasteiger partial charge in [-0.1, -0.05) is 12.1 Å². The minimum Gasteiger partial charge on any atom is -0.327 e. The van der Waals surface area contributed by atoms with Crippen molar-refractivity contribution in [2.24, 2.45) is 11.7 Å². The average Bonchev–Trinajstić information content (AvgIpc) is 2.51. The Balaban J connectivity index is 2.14. The zero-order valence-corrected chi connectivity index (χ0v) is 9.30. The highest BCUT2D eigenvalue weighted by Crippen LogP contribution is 2.48. The number of halogens is 3. The summed E-state index contributed by atoms with van der Waals surface area (Å²) in [4.78, 5) is 0. The maximum atomic E-state index is 12.9. The summed E-state index contributed by atoms with van der Waals surface area (Å²) in [5.74, 6) is 0.363. The highest BCUT2D eigenvalue weighted by atomic mass is 19.4. The first-order chi connectivity index (χ1) is 7.98. The molecule has 2 bridgehead atoms. The number of hydrogen-bond donors (Lipinski definition) is 1. The van der Waals surface area contributed by atoms with Crippen LogP contribution in [0.4, 0.5) is 13.2 Å². The Kier molecular flexibility index (Phi) is 2.27. The third kappa shape index (κ3) is 1.58. The van der Waals surface area contributed by atoms with E-state index >= 15 is 0 Å². The van der Waals surface area contributed by atoms with Gasteiger partial charge < -0.3 is 5.73 Å². The number of rotatable bonds is 0. The summed E-state index contributed by atoms with van der Waals surface area (Å²) in [6, 6.07) is 4.56. The Morgan fingerprint density at radius 2 is 1.94 bits per heavy atom. The van der Waals surface area contributed by atoms with Gasteiger partial charge in [0.25, 0.3) is 0 Å². The van der Waals surface area contributed by atoms with Gasteiger partial charge in [0.2, 0.25) is 0 Å². The lowest BCUT2D eigenvalue weighted by molar-refractivity contribution is -0.138. The Labute approximate surface area is 97.8 Å². The first-order valence-electron chi connectivity index (χ1n) is 5.93. The lowest BCUT2D eigenvalue weighted by Crippen LogP contribution is -2.36. The van der Waals surface area contributed by atoms with Crippen molar-refractivity contribution in [3.05, 3.63) is 34.9 Å². The Morgan fingerprint density at radius 1 is 1.18 bits per heavy atom. The maximum Gasteiger partial charge on any atom is 0.416 e. The van der Waals surface area contributed by atoms with Crippen molar-refractivity contribution in [1.82, 2.24) is 0 Å². The van der Waals surface area contributed by atoms with Crippen LogP contribution >= 0.6 is 0 Å². The van der Waals surface area contributed by atoms with Crippen LogP contribution in [-0.2, 0) is 12.6 Å². The molecule has 1 aromatic rings. The van der Waals surface area contributed by atoms with Gasteiger partial charge in [0.1, 0.15) is 0 Å². The molecule has 1 saturated carbocycles. The van der Waals surface area contributed by atoms with Crippen LogP contribution in [0.2, 0.25) is 0 Å². The van der Waals surface area contributed by atoms with Crippen LogP contribution in [0.25, 0.3) is 0 Å². The number of hydrogen-bond acceptors (Lipinski definition) is 1. The molecule has 3 rings (SSSR count). The van der Waals surface area contributed by atoms with Crippen molar-refractivity contribution in [2.75, 3.05) is 0 Å². The van der Waals surface area contributed by atoms with E-state index in [2.05, 4.69) is 0 Å². The topological polar surface area (TPSA) is 26.0 Å². The summed E-state index contributed by atoms with van der Waals surface area (Å²) in [5, 5.41) is 0. The summed E-state index contributed by atoms with van der Waals surface area (Å²) in [7, 11) is 0. The van der Waals surface area contributed by atoms with Crippen molar-refractivity contribution in [1.29, 1.82) is 0 Å². The van der Waals surface area contributed by atoms with E-state index in [0.29, 0.717) is 12.0 Å². The Hall–Kier alpha value is -1.03. The predicted molar refractivity (Wildman–Crippen MR) is 58.6 cm³/mol. The second-order valence-corrected chi connectivity index (χ2v) is 5.10. The van der Waals surface area contributed by atoms with Crippen LogP contribution in [0.3, 0.4) is 0 Å². The van der Waals surface area contributed by atoms with Crippen LogP contribution < -0.4 is 5.73 Å². The SMILES string of the molecule is N[C@@H]1[C@H]2CC[C@@H]1c1cccc(C(F)(F)F)c1C2. The van der Waals surface area contributed by atoms with E-state index in [1.54, 1.807) is 0 Å². The van der Waals surface area contributed by atoms with Crippen molar-refractivity contribution in [3.63, 3.8) is 0 Å². The highest BCUT2D eigenvalue weighted by molar-refractivity contribution is 5.43. The molecule has 92 valence electrons. The molecule has 0 heterocycles. The van der Waals surface area contributed by atoms with Gasteiger partial charge in [-0.15, -0.1) is 0 Å². The molecule has 1 fully saturated rings. The Bertz CT molecular complexity index is 452. The van der Waals surface area contributed by atoms with Crippen LogP contribution in [-0.4, -0.2) is 6.04 Å². The molecule has 4 heteroatoms. The van der Waals surface area contributed by atoms with E-state index in [9.17, 15) is 13.2 Å². The summed E-state index contributed by atoms with van der Waals surface area (Å²) >= 11 is 0. The molecule has 1 nitrogen and oxygen atoms in total. The quantitative estimate of drug-likeness (QED) is 0.742. The van der Waals surface area contributed by atoms with Gasteiger partial charge >= 0.3 is 6.18 Å². The molecule has 0 aliphatic heterocycles. The second kappa shape index (κ2) is 3.48. The molecule has 0 radical (unpaired) electrons. The van der Waals surface area contributed by atoms with E-state index in [0.717, 1.165) is 18.4 Å². The number of benzene rings is 1. The third-order valence-electron chi connectivity index (χ3n) is 4.24. The minimum absolute atomic E-state index is 0.0472. The van der Waals surface area contributed by atoms with E-state index in [1.165, 1.54) is 12.1 Å². The van der Waals surface area contributed by atoms with Gasteiger partial charge in [-0.2, -0.15) is 13.2 Å². The fraction of sp³-hybridized carbons (Fsp3) is 0.538. The highest BCUT2D eigenvalue weighted by Gasteiger charge is 2.43. The van der Waals surface area contributed by atoms with E-state index in [4.69, 9.17) is 5.73 Å². The number of fused-ring (bicyclic) bond motifs is 4. The number of alkyl halides is 3. The predicted octanol–water partition coefficient (Wildman–Crippen LogP) is 3.08. The van der Waals surface area contributed by atoms with Gasteiger partial charge in [0.05, 0.1) is 5.56 Å². The Morgan fingerprint density at radius 3 is 2.65 bits per heavy atom. The molecule has 1 aromatic carbocycles. The molecule has 0 unspecified atom stereocenters. The molecule has 0 spiro atoms. The van der Waals surface area contributed by atoms with Crippen LogP contribution in [0, 0.1) is 5.92 Å². The standard InChI is InChI=1S/C13H14F3N/c14-13(15,16)11-3-1-2-8-9-5-4-7(12(9)17)6-10(8)11/h1-3,7,9,12H,4-6,17H2/t7-,9+,12+/m0/s1. The molecule has 2 N–H and O–H groups in total. The average molecular weight is 241 g/mol. The first-order valence-corrected chi connectivity index (χ1v) is 5.93. The normalized spacial score (nSPS) is 31.4. The molecular formula is C13H14F3N. The van der Waals surface area contributed by atoms with E-state index in [1.807, 2.05) is 6.07 Å². The zero-order chi connectivity index (χ0) is 12.2. The molecular weight excluding hydrogens is 227 g/mol. The number of nitrogens with two attached hydrogens (primary N) is 1. The fourth-order valence-electron chi connectivity index (χ4n) is 3.42. The van der Waals surface area contributed by atoms with Crippen LogP contribution in [0.1, 0.15) is 35.4 Å². The first kappa shape index (κ1) is 11.1. The lowest BCUT2D eigenvalue weighted by Gasteiger charge is -2.31. The molecule has 0 aromatic heterocycles. The smallest absolute Gasteiger partial charge is 0.327 e. The summed E-state index contributed by atoms with van der Waals surface area (Å²) in [6.07, 6.45) is -1.87. The summed E-state index contributed by atoms with van der Waals surface area (Å²) in [5.41, 5.74) is 6.95. The molecule has 2 aliphatic carbocycles. The molecule has 2 aliphatic rings. The maximum absolute atomic E-state index is 12.9. The van der Waals surface area contributed by atoms with E-state index in [-0.39, 0.29) is 17.9 Å². The monoisotopic (exact) mass is 241 g/mol. The van der Waals surface area contributed by atoms with Crippen molar-refractivity contribution in [3.8, 4) is 0 Å². The van der Waals surface area contributed by atoms with Gasteiger partial charge in [-0.05, 0) is 48.3 Å². The van der Waals surface area contributed by atoms with Crippen molar-refractivity contribution >= 4 is 0 Å². The fourth-order valence-corrected chi connectivity index (χ4v) is 3.42. The van der Waals surface area contributed by atoms with Crippen LogP contribution in [0.5, 0.6) is 0 Å². The third-order valence-corrected chi connectivity index (χ3v) is 4.24. The van der Waals surface area contributed by atoms with Gasteiger partial charge in [-0.25, -0.2) is 0 Å². The van der Waals surface area contributed by atoms with Gasteiger partial charge in [0, 0.05) is 6.04 Å². The second-order valence-electron chi connectivity index (χ2n) is 5.10. The van der Waals surface area contributed by atoms with Crippen LogP contribution in [0.15, 0.2) is 18.2 Å². The summed E-state index contributed by atoms with van der Waals surface area (Å²) in [6.45, 7) is 0. The molecule has 3 atom stereocenters. The molecule has 17 heavy (non-hydrogen) atoms. The van der Waals surface area contributed by atoms with Crippen molar-refractivity contribution < 1.29 is 13.2 Å². The minimum atomic E-state index is -4.24. The largest absolute Gasteiger partial charge is 0.416 e. The zero-order valence-electron chi connectivity index (χ0n) is 9.30. The molecule has 0 saturated heterocycles. The van der Waals surface area contributed by atoms with Gasteiger partial charge in [0.15, 0.2) is 0 Å². The van der Waals surface area contributed by atoms with Gasteiger partial charge in [-0.3, -0.25) is 0 Å². The lowest BCUT2D eigenvalue weighted by atomic mass is 9.77. The summed E-state index contributed by atoms with van der Waals surface area (Å²) < 4.78 is 38.7.